The third-order valence-electron chi connectivity index (χ3n) is 2.15. The van der Waals surface area contributed by atoms with Crippen LogP contribution < -0.4 is 5.32 Å². The second-order valence-electron chi connectivity index (χ2n) is 3.27. The summed E-state index contributed by atoms with van der Waals surface area (Å²) in [5.41, 5.74) is 1.34. The number of anilines is 1. The molecule has 0 aliphatic heterocycles. The van der Waals surface area contributed by atoms with Gasteiger partial charge in [0.2, 0.25) is 0 Å². The summed E-state index contributed by atoms with van der Waals surface area (Å²) >= 11 is 0. The molecule has 1 heterocycles. The van der Waals surface area contributed by atoms with E-state index in [0.717, 1.165) is 10.9 Å². The van der Waals surface area contributed by atoms with Crippen molar-refractivity contribution in [1.82, 2.24) is 9.78 Å². The number of carbonyl (C=O) groups is 1. The Hall–Kier alpha value is -2.08. The zero-order valence-electron chi connectivity index (χ0n) is 8.67. The first kappa shape index (κ1) is 10.4. The predicted octanol–water partition coefficient (Wildman–Crippen LogP) is 1.73. The number of methoxy groups -OCH3 is 1. The van der Waals surface area contributed by atoms with Crippen molar-refractivity contribution in [3.63, 3.8) is 0 Å². The summed E-state index contributed by atoms with van der Waals surface area (Å²) in [6, 6.07) is 5.21. The van der Waals surface area contributed by atoms with Crippen molar-refractivity contribution in [2.24, 2.45) is 0 Å². The molecule has 2 N–H and O–H groups in total. The molecule has 0 saturated heterocycles. The minimum absolute atomic E-state index is 0.333. The summed E-state index contributed by atoms with van der Waals surface area (Å²) in [5, 5.41) is 16.0. The van der Waals surface area contributed by atoms with Gasteiger partial charge in [-0.1, -0.05) is 0 Å². The van der Waals surface area contributed by atoms with Crippen molar-refractivity contribution in [3.05, 3.63) is 24.4 Å². The minimum Gasteiger partial charge on any atom is -0.465 e. The fourth-order valence-corrected chi connectivity index (χ4v) is 1.50. The lowest BCUT2D eigenvalue weighted by Crippen LogP contribution is -2.07. The van der Waals surface area contributed by atoms with Crippen LogP contribution in [0.15, 0.2) is 24.4 Å². The summed E-state index contributed by atoms with van der Waals surface area (Å²) < 4.78 is 6.63. The lowest BCUT2D eigenvalue weighted by molar-refractivity contribution is 0.124. The molecule has 0 atom stereocenters. The molecule has 16 heavy (non-hydrogen) atoms. The molecular formula is C10H11N3O3. The monoisotopic (exact) mass is 221 g/mol. The van der Waals surface area contributed by atoms with E-state index >= 15 is 0 Å². The van der Waals surface area contributed by atoms with E-state index in [1.807, 2.05) is 0 Å². The molecule has 0 aliphatic rings. The predicted molar refractivity (Wildman–Crippen MR) is 58.4 cm³/mol. The molecule has 0 fully saturated rings. The molecule has 0 unspecified atom stereocenters. The Bertz CT molecular complexity index is 521. The zero-order chi connectivity index (χ0) is 11.5. The first-order valence-corrected chi connectivity index (χ1v) is 4.65. The molecule has 0 radical (unpaired) electrons. The van der Waals surface area contributed by atoms with Gasteiger partial charge in [0.1, 0.15) is 6.73 Å². The Labute approximate surface area is 91.4 Å². The molecule has 1 aromatic carbocycles. The Morgan fingerprint density at radius 1 is 1.62 bits per heavy atom. The average molecular weight is 221 g/mol. The second-order valence-corrected chi connectivity index (χ2v) is 3.27. The number of nitrogens with one attached hydrogen (secondary N) is 1. The number of benzene rings is 1. The molecule has 0 aliphatic carbocycles. The number of ether oxygens (including phenoxy) is 1. The number of hydrogen-bond donors (Lipinski definition) is 2. The maximum absolute atomic E-state index is 10.5. The van der Waals surface area contributed by atoms with Crippen LogP contribution in [0.25, 0.3) is 10.9 Å². The molecule has 2 rings (SSSR count). The van der Waals surface area contributed by atoms with E-state index in [0.29, 0.717) is 12.4 Å². The highest BCUT2D eigenvalue weighted by atomic mass is 16.5. The fourth-order valence-electron chi connectivity index (χ4n) is 1.50. The van der Waals surface area contributed by atoms with Crippen LogP contribution in [0, 0.1) is 0 Å². The van der Waals surface area contributed by atoms with Crippen LogP contribution in [-0.4, -0.2) is 28.1 Å². The van der Waals surface area contributed by atoms with Crippen LogP contribution >= 0.6 is 0 Å². The van der Waals surface area contributed by atoms with E-state index < -0.39 is 6.09 Å². The van der Waals surface area contributed by atoms with Crippen LogP contribution in [0.3, 0.4) is 0 Å². The highest BCUT2D eigenvalue weighted by Crippen LogP contribution is 2.18. The summed E-state index contributed by atoms with van der Waals surface area (Å²) in [6.07, 6.45) is 0.621. The Balaban J connectivity index is 2.41. The summed E-state index contributed by atoms with van der Waals surface area (Å²) in [4.78, 5) is 10.5. The van der Waals surface area contributed by atoms with Crippen LogP contribution in [0.1, 0.15) is 0 Å². The second kappa shape index (κ2) is 4.19. The van der Waals surface area contributed by atoms with Crippen LogP contribution in [0.5, 0.6) is 0 Å². The van der Waals surface area contributed by atoms with Gasteiger partial charge in [0.05, 0.1) is 11.7 Å². The smallest absolute Gasteiger partial charge is 0.409 e. The van der Waals surface area contributed by atoms with Crippen molar-refractivity contribution < 1.29 is 14.6 Å². The third-order valence-corrected chi connectivity index (χ3v) is 2.15. The molecule has 1 amide bonds. The highest BCUT2D eigenvalue weighted by Gasteiger charge is 2.04. The van der Waals surface area contributed by atoms with E-state index in [2.05, 4.69) is 10.4 Å². The molecule has 6 nitrogen and oxygen atoms in total. The first-order valence-electron chi connectivity index (χ1n) is 4.65. The Kier molecular flexibility index (Phi) is 2.74. The van der Waals surface area contributed by atoms with Crippen molar-refractivity contribution >= 4 is 22.7 Å². The van der Waals surface area contributed by atoms with Gasteiger partial charge >= 0.3 is 6.09 Å². The lowest BCUT2D eigenvalue weighted by Gasteiger charge is -2.03. The summed E-state index contributed by atoms with van der Waals surface area (Å²) in [6.45, 7) is 0.333. The zero-order valence-corrected chi connectivity index (χ0v) is 8.67. The van der Waals surface area contributed by atoms with Gasteiger partial charge in [0.15, 0.2) is 0 Å². The number of fused-ring (bicyclic) bond motifs is 1. The van der Waals surface area contributed by atoms with E-state index in [-0.39, 0.29) is 0 Å². The van der Waals surface area contributed by atoms with Gasteiger partial charge in [-0.25, -0.2) is 9.48 Å². The van der Waals surface area contributed by atoms with Crippen molar-refractivity contribution in [2.75, 3.05) is 12.4 Å². The lowest BCUT2D eigenvalue weighted by atomic mass is 10.2. The summed E-state index contributed by atoms with van der Waals surface area (Å²) in [5.74, 6) is 0. The number of rotatable bonds is 3. The standard InChI is InChI=1S/C10H11N3O3/c1-16-6-13-9-4-8(12-10(14)15)3-2-7(9)5-11-13/h2-5,12H,6H2,1H3,(H,14,15). The molecule has 0 saturated carbocycles. The maximum atomic E-state index is 10.5. The van der Waals surface area contributed by atoms with Crippen LogP contribution in [0.4, 0.5) is 10.5 Å². The van der Waals surface area contributed by atoms with E-state index in [9.17, 15) is 4.79 Å². The fraction of sp³-hybridized carbons (Fsp3) is 0.200. The molecule has 0 bridgehead atoms. The van der Waals surface area contributed by atoms with Gasteiger partial charge in [-0.3, -0.25) is 5.32 Å². The van der Waals surface area contributed by atoms with Gasteiger partial charge in [-0.05, 0) is 18.2 Å². The summed E-state index contributed by atoms with van der Waals surface area (Å²) in [7, 11) is 1.58. The topological polar surface area (TPSA) is 76.4 Å². The SMILES string of the molecule is COCn1ncc2ccc(NC(=O)O)cc21. The van der Waals surface area contributed by atoms with Gasteiger partial charge in [-0.15, -0.1) is 0 Å². The molecule has 1 aromatic heterocycles. The number of nitrogens with zero attached hydrogens (tertiary/aromatic N) is 2. The normalized spacial score (nSPS) is 10.6. The van der Waals surface area contributed by atoms with Crippen molar-refractivity contribution in [1.29, 1.82) is 0 Å². The highest BCUT2D eigenvalue weighted by molar-refractivity contribution is 5.88. The van der Waals surface area contributed by atoms with Crippen LogP contribution in [-0.2, 0) is 11.5 Å². The van der Waals surface area contributed by atoms with E-state index in [4.69, 9.17) is 9.84 Å². The van der Waals surface area contributed by atoms with E-state index in [1.165, 1.54) is 0 Å². The molecule has 84 valence electrons. The maximum Gasteiger partial charge on any atom is 0.409 e. The van der Waals surface area contributed by atoms with E-state index in [1.54, 1.807) is 36.2 Å². The van der Waals surface area contributed by atoms with Gasteiger partial charge < -0.3 is 9.84 Å². The van der Waals surface area contributed by atoms with Gasteiger partial charge in [-0.2, -0.15) is 5.10 Å². The molecule has 2 aromatic rings. The number of hydrogen-bond acceptors (Lipinski definition) is 3. The van der Waals surface area contributed by atoms with Crippen molar-refractivity contribution in [2.45, 2.75) is 6.73 Å². The number of amides is 1. The minimum atomic E-state index is -1.09. The Morgan fingerprint density at radius 3 is 3.12 bits per heavy atom. The quantitative estimate of drug-likeness (QED) is 0.827. The van der Waals surface area contributed by atoms with Gasteiger partial charge in [0, 0.05) is 18.2 Å². The third kappa shape index (κ3) is 1.96. The number of aromatic nitrogens is 2. The molecular weight excluding hydrogens is 210 g/mol. The average Bonchev–Trinajstić information content (AvgIpc) is 2.61. The van der Waals surface area contributed by atoms with Gasteiger partial charge in [0.25, 0.3) is 0 Å². The Morgan fingerprint density at radius 2 is 2.44 bits per heavy atom. The molecule has 0 spiro atoms. The van der Waals surface area contributed by atoms with Crippen molar-refractivity contribution in [3.8, 4) is 0 Å². The first-order chi connectivity index (χ1) is 7.70. The number of carboxylic acid groups (broad SMARTS) is 1. The largest absolute Gasteiger partial charge is 0.465 e. The van der Waals surface area contributed by atoms with Crippen LogP contribution in [0.2, 0.25) is 0 Å². The molecule has 6 heteroatoms.